The lowest BCUT2D eigenvalue weighted by atomic mass is 10.1. The Morgan fingerprint density at radius 2 is 1.50 bits per heavy atom. The van der Waals surface area contributed by atoms with Crippen molar-refractivity contribution in [3.63, 3.8) is 0 Å². The third-order valence-electron chi connectivity index (χ3n) is 6.56. The first-order valence-corrected chi connectivity index (χ1v) is 13.8. The summed E-state index contributed by atoms with van der Waals surface area (Å²) in [6, 6.07) is 25.1. The summed E-state index contributed by atoms with van der Waals surface area (Å²) in [5, 5.41) is 13.0. The summed E-state index contributed by atoms with van der Waals surface area (Å²) in [7, 11) is 0. The second-order valence-electron chi connectivity index (χ2n) is 9.25. The number of primary amides is 1. The van der Waals surface area contributed by atoms with Gasteiger partial charge in [0.25, 0.3) is 5.91 Å². The van der Waals surface area contributed by atoms with Gasteiger partial charge in [-0.05, 0) is 47.9 Å². The highest BCUT2D eigenvalue weighted by Crippen LogP contribution is 2.26. The molecule has 0 unspecified atom stereocenters. The number of aromatic nitrogens is 5. The first-order valence-electron chi connectivity index (χ1n) is 13.0. The van der Waals surface area contributed by atoms with Crippen molar-refractivity contribution in [1.82, 2.24) is 29.1 Å². The molecule has 3 aromatic carbocycles. The van der Waals surface area contributed by atoms with Gasteiger partial charge in [-0.25, -0.2) is 4.68 Å². The molecule has 0 aliphatic carbocycles. The number of carbonyl (C=O) groups excluding carboxylic acids is 3. The highest BCUT2D eigenvalue weighted by atomic mass is 32.1. The summed E-state index contributed by atoms with van der Waals surface area (Å²) in [6.07, 6.45) is 0. The molecule has 0 saturated carbocycles. The minimum absolute atomic E-state index is 0.0194. The SMILES string of the molecule is NC(=O)c1ccc(-n2nc(C(=O)N3CCOCC3)c(=NC(=O)c3nnn(-c4ccccc4)c3-c3ccccc3)s2)cc1. The first kappa shape index (κ1) is 26.9. The Kier molecular flexibility index (Phi) is 7.49. The molecule has 13 heteroatoms. The van der Waals surface area contributed by atoms with E-state index in [-0.39, 0.29) is 22.0 Å². The van der Waals surface area contributed by atoms with Crippen LogP contribution in [-0.2, 0) is 4.74 Å². The van der Waals surface area contributed by atoms with Crippen molar-refractivity contribution in [3.05, 3.63) is 107 Å². The van der Waals surface area contributed by atoms with Crippen LogP contribution in [-0.4, -0.2) is 73.1 Å². The molecule has 0 spiro atoms. The predicted molar refractivity (Wildman–Crippen MR) is 153 cm³/mol. The molecule has 210 valence electrons. The molecule has 2 aromatic heterocycles. The number of nitrogens with two attached hydrogens (primary N) is 1. The third kappa shape index (κ3) is 5.38. The summed E-state index contributed by atoms with van der Waals surface area (Å²) in [4.78, 5) is 44.8. The van der Waals surface area contributed by atoms with E-state index in [1.54, 1.807) is 33.8 Å². The van der Waals surface area contributed by atoms with Gasteiger partial charge in [-0.1, -0.05) is 53.7 Å². The van der Waals surface area contributed by atoms with Gasteiger partial charge >= 0.3 is 5.91 Å². The zero-order valence-corrected chi connectivity index (χ0v) is 23.0. The lowest BCUT2D eigenvalue weighted by Gasteiger charge is -2.25. The van der Waals surface area contributed by atoms with E-state index in [9.17, 15) is 14.4 Å². The van der Waals surface area contributed by atoms with Crippen molar-refractivity contribution in [2.75, 3.05) is 26.3 Å². The van der Waals surface area contributed by atoms with Gasteiger partial charge in [-0.15, -0.1) is 10.2 Å². The number of nitrogens with zero attached hydrogens (tertiary/aromatic N) is 7. The quantitative estimate of drug-likeness (QED) is 0.324. The largest absolute Gasteiger partial charge is 0.378 e. The smallest absolute Gasteiger partial charge is 0.301 e. The molecule has 0 bridgehead atoms. The average Bonchev–Trinajstić information content (AvgIpc) is 3.67. The second kappa shape index (κ2) is 11.7. The lowest BCUT2D eigenvalue weighted by Crippen LogP contribution is -2.42. The predicted octanol–water partition coefficient (Wildman–Crippen LogP) is 2.49. The number of para-hydroxylation sites is 1. The Bertz CT molecular complexity index is 1820. The van der Waals surface area contributed by atoms with Crippen LogP contribution in [0.3, 0.4) is 0 Å². The van der Waals surface area contributed by atoms with Crippen LogP contribution in [0.5, 0.6) is 0 Å². The van der Waals surface area contributed by atoms with Crippen LogP contribution >= 0.6 is 11.5 Å². The molecule has 42 heavy (non-hydrogen) atoms. The number of hydrogen-bond acceptors (Lipinski definition) is 8. The van der Waals surface area contributed by atoms with E-state index in [1.165, 1.54) is 4.07 Å². The Morgan fingerprint density at radius 1 is 0.833 bits per heavy atom. The van der Waals surface area contributed by atoms with Crippen LogP contribution in [0.25, 0.3) is 22.6 Å². The number of benzene rings is 3. The van der Waals surface area contributed by atoms with E-state index in [2.05, 4.69) is 20.4 Å². The normalized spacial score (nSPS) is 13.7. The van der Waals surface area contributed by atoms with E-state index in [1.807, 2.05) is 60.7 Å². The van der Waals surface area contributed by atoms with Gasteiger partial charge < -0.3 is 15.4 Å². The second-order valence-corrected chi connectivity index (χ2v) is 10.2. The van der Waals surface area contributed by atoms with Crippen molar-refractivity contribution >= 4 is 29.3 Å². The molecule has 3 amide bonds. The van der Waals surface area contributed by atoms with Gasteiger partial charge in [0.15, 0.2) is 16.1 Å². The molecule has 0 radical (unpaired) electrons. The van der Waals surface area contributed by atoms with Gasteiger partial charge in [-0.2, -0.15) is 9.06 Å². The van der Waals surface area contributed by atoms with Crippen molar-refractivity contribution in [2.45, 2.75) is 0 Å². The van der Waals surface area contributed by atoms with E-state index < -0.39 is 11.8 Å². The molecule has 1 aliphatic heterocycles. The molecule has 1 aliphatic rings. The lowest BCUT2D eigenvalue weighted by molar-refractivity contribution is 0.0297. The Balaban J connectivity index is 1.46. The molecule has 2 N–H and O–H groups in total. The highest BCUT2D eigenvalue weighted by Gasteiger charge is 2.26. The summed E-state index contributed by atoms with van der Waals surface area (Å²) >= 11 is 1.02. The number of rotatable bonds is 6. The number of carbonyl (C=O) groups is 3. The highest BCUT2D eigenvalue weighted by molar-refractivity contribution is 7.04. The fourth-order valence-corrected chi connectivity index (χ4v) is 5.29. The van der Waals surface area contributed by atoms with Gasteiger partial charge in [-0.3, -0.25) is 14.4 Å². The molecule has 3 heterocycles. The number of amides is 3. The molecule has 6 rings (SSSR count). The van der Waals surface area contributed by atoms with Crippen molar-refractivity contribution in [1.29, 1.82) is 0 Å². The molecule has 5 aromatic rings. The summed E-state index contributed by atoms with van der Waals surface area (Å²) in [5.74, 6) is -1.61. The summed E-state index contributed by atoms with van der Waals surface area (Å²) < 4.78 is 8.57. The van der Waals surface area contributed by atoms with E-state index in [0.717, 1.165) is 22.8 Å². The van der Waals surface area contributed by atoms with Crippen LogP contribution in [0.2, 0.25) is 0 Å². The first-order chi connectivity index (χ1) is 20.5. The maximum absolute atomic E-state index is 13.8. The monoisotopic (exact) mass is 580 g/mol. The topological polar surface area (TPSA) is 151 Å². The standard InChI is InChI=1S/C29H24N8O4S/c30-26(38)20-11-13-22(14-12-20)37-33-24(29(40)35-15-17-41-18-16-35)28(42-37)31-27(39)23-25(19-7-3-1-4-8-19)36(34-32-23)21-9-5-2-6-10-21/h1-14H,15-18H2,(H2,30,38). The van der Waals surface area contributed by atoms with E-state index in [0.29, 0.717) is 43.2 Å². The van der Waals surface area contributed by atoms with Crippen molar-refractivity contribution < 1.29 is 19.1 Å². The van der Waals surface area contributed by atoms with Gasteiger partial charge in [0.1, 0.15) is 5.69 Å². The molecular formula is C29H24N8O4S. The molecule has 0 atom stereocenters. The summed E-state index contributed by atoms with van der Waals surface area (Å²) in [6.45, 7) is 1.58. The number of hydrogen-bond donors (Lipinski definition) is 1. The molecule has 12 nitrogen and oxygen atoms in total. The van der Waals surface area contributed by atoms with Crippen LogP contribution in [0.15, 0.2) is 89.9 Å². The van der Waals surface area contributed by atoms with Crippen molar-refractivity contribution in [3.8, 4) is 22.6 Å². The van der Waals surface area contributed by atoms with Crippen molar-refractivity contribution in [2.24, 2.45) is 10.7 Å². The van der Waals surface area contributed by atoms with E-state index in [4.69, 9.17) is 10.5 Å². The third-order valence-corrected chi connectivity index (χ3v) is 7.49. The maximum atomic E-state index is 13.8. The van der Waals surface area contributed by atoms with Gasteiger partial charge in [0.05, 0.1) is 24.6 Å². The van der Waals surface area contributed by atoms with E-state index >= 15 is 0 Å². The minimum atomic E-state index is -0.674. The van der Waals surface area contributed by atoms with Crippen LogP contribution in [0, 0.1) is 0 Å². The molecule has 1 fully saturated rings. The van der Waals surface area contributed by atoms with Crippen LogP contribution < -0.4 is 10.4 Å². The zero-order valence-electron chi connectivity index (χ0n) is 22.2. The van der Waals surface area contributed by atoms with Gasteiger partial charge in [0, 0.05) is 24.2 Å². The Labute approximate surface area is 243 Å². The average molecular weight is 581 g/mol. The minimum Gasteiger partial charge on any atom is -0.378 e. The Hall–Kier alpha value is -5.27. The number of ether oxygens (including phenoxy) is 1. The fraction of sp³-hybridized carbons (Fsp3) is 0.138. The maximum Gasteiger partial charge on any atom is 0.301 e. The van der Waals surface area contributed by atoms with Crippen LogP contribution in [0.4, 0.5) is 0 Å². The summed E-state index contributed by atoms with van der Waals surface area (Å²) in [5.41, 5.74) is 8.23. The fourth-order valence-electron chi connectivity index (χ4n) is 4.44. The van der Waals surface area contributed by atoms with Crippen LogP contribution in [0.1, 0.15) is 31.3 Å². The van der Waals surface area contributed by atoms with Gasteiger partial charge in [0.2, 0.25) is 5.91 Å². The number of morpholine rings is 1. The molecular weight excluding hydrogens is 556 g/mol. The Morgan fingerprint density at radius 3 is 2.17 bits per heavy atom. The zero-order chi connectivity index (χ0) is 29.1. The molecule has 1 saturated heterocycles.